The van der Waals surface area contributed by atoms with E-state index in [1.165, 1.54) is 10.9 Å². The number of ketones is 1. The molecule has 1 aromatic heterocycles. The summed E-state index contributed by atoms with van der Waals surface area (Å²) in [5, 5.41) is 12.5. The molecule has 2 aromatic rings. The van der Waals surface area contributed by atoms with Crippen molar-refractivity contribution in [2.24, 2.45) is 0 Å². The molecule has 186 valence electrons. The average molecular weight is 491 g/mol. The van der Waals surface area contributed by atoms with Crippen LogP contribution in [0.4, 0.5) is 13.2 Å². The van der Waals surface area contributed by atoms with Gasteiger partial charge in [0.15, 0.2) is 17.2 Å². The Hall–Kier alpha value is -3.34. The van der Waals surface area contributed by atoms with Crippen LogP contribution in [0.1, 0.15) is 59.5 Å². The van der Waals surface area contributed by atoms with Gasteiger partial charge in [-0.15, -0.1) is 0 Å². The number of halogens is 3. The number of carbonyl (C=O) groups is 2. The number of morpholine rings is 1. The molecular weight excluding hydrogens is 467 g/mol. The molecule has 0 aliphatic carbocycles. The van der Waals surface area contributed by atoms with E-state index in [1.54, 1.807) is 4.90 Å². The van der Waals surface area contributed by atoms with E-state index in [0.29, 0.717) is 18.7 Å². The van der Waals surface area contributed by atoms with Crippen LogP contribution in [0.2, 0.25) is 0 Å². The van der Waals surface area contributed by atoms with E-state index in [2.05, 4.69) is 0 Å². The van der Waals surface area contributed by atoms with Gasteiger partial charge in [0.1, 0.15) is 23.6 Å². The molecule has 3 aliphatic rings. The molecule has 35 heavy (non-hydrogen) atoms. The summed E-state index contributed by atoms with van der Waals surface area (Å²) in [4.78, 5) is 40.8. The monoisotopic (exact) mass is 491 g/mol. The average Bonchev–Trinajstić information content (AvgIpc) is 3.17. The van der Waals surface area contributed by atoms with Crippen LogP contribution in [0.3, 0.4) is 0 Å². The maximum absolute atomic E-state index is 14.0. The lowest BCUT2D eigenvalue weighted by Gasteiger charge is -2.52. The summed E-state index contributed by atoms with van der Waals surface area (Å²) in [6.45, 7) is 4.04. The molecule has 11 heteroatoms. The lowest BCUT2D eigenvalue weighted by Crippen LogP contribution is -2.69. The van der Waals surface area contributed by atoms with E-state index in [4.69, 9.17) is 4.74 Å². The second-order valence-corrected chi connectivity index (χ2v) is 9.40. The molecule has 3 aliphatic heterocycles. The maximum Gasteiger partial charge on any atom is 0.278 e. The fraction of sp³-hybridized carbons (Fsp3) is 0.458. The zero-order valence-corrected chi connectivity index (χ0v) is 19.1. The zero-order valence-electron chi connectivity index (χ0n) is 19.1. The van der Waals surface area contributed by atoms with Crippen LogP contribution >= 0.6 is 0 Å². The number of aromatic hydroxyl groups is 1. The minimum Gasteiger partial charge on any atom is -0.502 e. The molecule has 2 fully saturated rings. The number of fused-ring (bicyclic) bond motifs is 6. The van der Waals surface area contributed by atoms with Crippen LogP contribution in [0, 0.1) is 17.5 Å². The maximum atomic E-state index is 14.0. The Labute approximate surface area is 198 Å². The fourth-order valence-corrected chi connectivity index (χ4v) is 5.29. The Morgan fingerprint density at radius 1 is 1.17 bits per heavy atom. The van der Waals surface area contributed by atoms with E-state index >= 15 is 0 Å². The van der Waals surface area contributed by atoms with Gasteiger partial charge in [-0.3, -0.25) is 24.1 Å². The van der Waals surface area contributed by atoms with Gasteiger partial charge in [-0.1, -0.05) is 0 Å². The lowest BCUT2D eigenvalue weighted by molar-refractivity contribution is -0.0599. The highest BCUT2D eigenvalue weighted by Crippen LogP contribution is 2.37. The Kier molecular flexibility index (Phi) is 5.62. The Morgan fingerprint density at radius 3 is 2.51 bits per heavy atom. The molecule has 0 spiro atoms. The van der Waals surface area contributed by atoms with Crippen molar-refractivity contribution < 1.29 is 32.6 Å². The highest BCUT2D eigenvalue weighted by Gasteiger charge is 2.51. The summed E-state index contributed by atoms with van der Waals surface area (Å²) >= 11 is 0. The van der Waals surface area contributed by atoms with Crippen molar-refractivity contribution in [1.29, 1.82) is 0 Å². The van der Waals surface area contributed by atoms with Gasteiger partial charge < -0.3 is 14.7 Å². The minimum atomic E-state index is -1.13. The molecule has 2 saturated heterocycles. The van der Waals surface area contributed by atoms with Gasteiger partial charge in [0.05, 0.1) is 24.3 Å². The lowest BCUT2D eigenvalue weighted by atomic mass is 10.0. The third-order valence-electron chi connectivity index (χ3n) is 6.90. The van der Waals surface area contributed by atoms with Crippen molar-refractivity contribution in [1.82, 2.24) is 9.58 Å². The van der Waals surface area contributed by atoms with Crippen LogP contribution in [0.15, 0.2) is 23.1 Å². The fourth-order valence-electron chi connectivity index (χ4n) is 5.29. The van der Waals surface area contributed by atoms with Crippen LogP contribution in [-0.4, -0.2) is 57.3 Å². The molecule has 1 amide bonds. The SMILES string of the molecule is CC(C)N1C(=O)c2c(O)c(=O)c(C(=O)CCc3c(F)cc(F)cc3F)cn2N2C[C@@H]3CC[C@@H](O3)[C@@H]12. The van der Waals surface area contributed by atoms with Crippen LogP contribution in [0.5, 0.6) is 5.75 Å². The van der Waals surface area contributed by atoms with Gasteiger partial charge >= 0.3 is 0 Å². The second-order valence-electron chi connectivity index (χ2n) is 9.40. The molecular formula is C24H24F3N3O5. The number of hydrogen-bond donors (Lipinski definition) is 1. The summed E-state index contributed by atoms with van der Waals surface area (Å²) in [5.41, 5.74) is -2.16. The van der Waals surface area contributed by atoms with Crippen molar-refractivity contribution in [3.05, 3.63) is 62.8 Å². The summed E-state index contributed by atoms with van der Waals surface area (Å²) < 4.78 is 48.5. The highest BCUT2D eigenvalue weighted by atomic mass is 19.1. The number of ether oxygens (including phenoxy) is 1. The van der Waals surface area contributed by atoms with Crippen molar-refractivity contribution in [3.63, 3.8) is 0 Å². The molecule has 8 nitrogen and oxygen atoms in total. The summed E-state index contributed by atoms with van der Waals surface area (Å²) in [7, 11) is 0. The first kappa shape index (κ1) is 23.4. The Morgan fingerprint density at radius 2 is 1.86 bits per heavy atom. The standard InChI is InChI=1S/C24H24F3N3O5/c1-11(2)30-23-19-6-3-13(35-19)9-29(23)28-10-15(21(32)22(33)20(28)24(30)34)18(31)5-4-14-16(26)7-12(25)8-17(14)27/h7-8,10-11,13,19,23,33H,3-6,9H2,1-2H3/t13-,19+,23+/m0/s1. The minimum absolute atomic E-state index is 0.100. The topological polar surface area (TPSA) is 92.1 Å². The van der Waals surface area contributed by atoms with Gasteiger partial charge in [0.2, 0.25) is 5.43 Å². The van der Waals surface area contributed by atoms with Crippen molar-refractivity contribution in [2.45, 2.75) is 63.9 Å². The summed E-state index contributed by atoms with van der Waals surface area (Å²) in [5.74, 6) is -5.53. The molecule has 0 radical (unpaired) electrons. The van der Waals surface area contributed by atoms with Gasteiger partial charge in [-0.25, -0.2) is 13.2 Å². The first-order valence-electron chi connectivity index (χ1n) is 11.5. The van der Waals surface area contributed by atoms with Crippen molar-refractivity contribution >= 4 is 11.7 Å². The summed E-state index contributed by atoms with van der Waals surface area (Å²) in [6.07, 6.45) is 1.02. The van der Waals surface area contributed by atoms with E-state index in [9.17, 15) is 32.7 Å². The van der Waals surface area contributed by atoms with E-state index in [0.717, 1.165) is 12.8 Å². The quantitative estimate of drug-likeness (QED) is 0.647. The summed E-state index contributed by atoms with van der Waals surface area (Å²) in [6, 6.07) is 0.781. The van der Waals surface area contributed by atoms with E-state index < -0.39 is 70.5 Å². The number of amides is 1. The first-order chi connectivity index (χ1) is 16.6. The number of benzene rings is 1. The predicted octanol–water partition coefficient (Wildman–Crippen LogP) is 2.48. The molecule has 0 unspecified atom stereocenters. The number of carbonyl (C=O) groups excluding carboxylic acids is 2. The van der Waals surface area contributed by atoms with Crippen LogP contribution in [-0.2, 0) is 11.2 Å². The molecule has 3 atom stereocenters. The van der Waals surface area contributed by atoms with E-state index in [-0.39, 0.29) is 23.9 Å². The van der Waals surface area contributed by atoms with Gasteiger partial charge in [0, 0.05) is 36.4 Å². The Bertz CT molecular complexity index is 1270. The van der Waals surface area contributed by atoms with Crippen LogP contribution in [0.25, 0.3) is 0 Å². The number of rotatable bonds is 5. The van der Waals surface area contributed by atoms with Gasteiger partial charge in [0.25, 0.3) is 5.91 Å². The highest BCUT2D eigenvalue weighted by molar-refractivity contribution is 6.00. The molecule has 1 aromatic carbocycles. The normalized spacial score (nSPS) is 23.0. The molecule has 2 bridgehead atoms. The Balaban J connectivity index is 1.53. The van der Waals surface area contributed by atoms with Gasteiger partial charge in [-0.05, 0) is 33.1 Å². The zero-order chi connectivity index (χ0) is 25.2. The smallest absolute Gasteiger partial charge is 0.278 e. The largest absolute Gasteiger partial charge is 0.502 e. The van der Waals surface area contributed by atoms with Crippen molar-refractivity contribution in [2.75, 3.05) is 11.6 Å². The number of Topliss-reactive ketones (excluding diaryl/α,β-unsaturated/α-hetero) is 1. The third-order valence-corrected chi connectivity index (χ3v) is 6.90. The van der Waals surface area contributed by atoms with Crippen LogP contribution < -0.4 is 10.4 Å². The van der Waals surface area contributed by atoms with E-state index in [1.807, 2.05) is 18.9 Å². The number of aromatic nitrogens is 1. The number of pyridine rings is 1. The van der Waals surface area contributed by atoms with Gasteiger partial charge in [-0.2, -0.15) is 0 Å². The second kappa shape index (κ2) is 8.40. The molecule has 0 saturated carbocycles. The molecule has 4 heterocycles. The number of hydrogen-bond acceptors (Lipinski definition) is 6. The number of nitrogens with zero attached hydrogens (tertiary/aromatic N) is 3. The van der Waals surface area contributed by atoms with Crippen molar-refractivity contribution in [3.8, 4) is 5.75 Å². The molecule has 1 N–H and O–H groups in total. The third kappa shape index (κ3) is 3.69. The predicted molar refractivity (Wildman–Crippen MR) is 117 cm³/mol. The first-order valence-corrected chi connectivity index (χ1v) is 11.5. The molecule has 5 rings (SSSR count).